The third kappa shape index (κ3) is 3.13. The highest BCUT2D eigenvalue weighted by molar-refractivity contribution is 6.31. The fourth-order valence-electron chi connectivity index (χ4n) is 4.51. The Kier molecular flexibility index (Phi) is 4.69. The Morgan fingerprint density at radius 3 is 2.03 bits per heavy atom. The summed E-state index contributed by atoms with van der Waals surface area (Å²) in [6.45, 7) is 0. The van der Waals surface area contributed by atoms with E-state index in [0.717, 1.165) is 4.57 Å². The van der Waals surface area contributed by atoms with Crippen LogP contribution in [0.3, 0.4) is 0 Å². The van der Waals surface area contributed by atoms with Gasteiger partial charge in [-0.05, 0) is 48.5 Å². The molecule has 6 rings (SSSR count). The van der Waals surface area contributed by atoms with Crippen LogP contribution in [0.5, 0.6) is 0 Å². The van der Waals surface area contributed by atoms with Crippen LogP contribution in [0.1, 0.15) is 0 Å². The number of rotatable bonds is 2. The van der Waals surface area contributed by atoms with Gasteiger partial charge in [0.05, 0.1) is 27.8 Å². The van der Waals surface area contributed by atoms with E-state index in [1.165, 1.54) is 9.13 Å². The van der Waals surface area contributed by atoms with Gasteiger partial charge in [0.15, 0.2) is 0 Å². The van der Waals surface area contributed by atoms with Gasteiger partial charge in [0.1, 0.15) is 11.0 Å². The molecule has 0 saturated carbocycles. The fourth-order valence-corrected chi connectivity index (χ4v) is 4.69. The molecule has 0 spiro atoms. The van der Waals surface area contributed by atoms with Crippen LogP contribution in [0.15, 0.2) is 99.3 Å². The molecule has 170 valence electrons. The highest BCUT2D eigenvalue weighted by atomic mass is 35.5. The van der Waals surface area contributed by atoms with Crippen molar-refractivity contribution in [3.8, 4) is 11.4 Å². The van der Waals surface area contributed by atoms with Crippen LogP contribution in [-0.4, -0.2) is 18.7 Å². The molecule has 0 unspecified atom stereocenters. The third-order valence-electron chi connectivity index (χ3n) is 6.13. The van der Waals surface area contributed by atoms with Crippen LogP contribution in [0.4, 0.5) is 0 Å². The van der Waals surface area contributed by atoms with Crippen molar-refractivity contribution in [1.82, 2.24) is 18.7 Å². The fraction of sp³-hybridized carbons (Fsp3) is 0.0370. The second-order valence-corrected chi connectivity index (χ2v) is 8.65. The summed E-state index contributed by atoms with van der Waals surface area (Å²) in [6.07, 6.45) is 0. The SMILES string of the molecule is Cn1c(=O)c2cc3cc(Cl)ccc3nc2c2c(=O)n(-c3ccccc3)c(=O)n(-c3ccccc3)c21. The lowest BCUT2D eigenvalue weighted by atomic mass is 10.1. The summed E-state index contributed by atoms with van der Waals surface area (Å²) in [4.78, 5) is 46.0. The Hall–Kier alpha value is -4.49. The molecule has 0 saturated heterocycles. The van der Waals surface area contributed by atoms with Crippen LogP contribution < -0.4 is 16.8 Å². The molecule has 0 atom stereocenters. The van der Waals surface area contributed by atoms with Crippen LogP contribution in [0, 0.1) is 0 Å². The minimum atomic E-state index is -0.582. The topological polar surface area (TPSA) is 78.9 Å². The molecule has 8 heteroatoms. The number of benzene rings is 3. The maximum Gasteiger partial charge on any atom is 0.341 e. The lowest BCUT2D eigenvalue weighted by molar-refractivity contribution is 0.787. The average Bonchev–Trinajstić information content (AvgIpc) is 2.87. The lowest BCUT2D eigenvalue weighted by Gasteiger charge is -2.17. The minimum absolute atomic E-state index is 0.172. The average molecular weight is 481 g/mol. The van der Waals surface area contributed by atoms with E-state index in [-0.39, 0.29) is 27.5 Å². The molecular weight excluding hydrogens is 464 g/mol. The number of para-hydroxylation sites is 2. The molecule has 3 aromatic carbocycles. The van der Waals surface area contributed by atoms with Crippen molar-refractivity contribution in [1.29, 1.82) is 0 Å². The third-order valence-corrected chi connectivity index (χ3v) is 6.37. The van der Waals surface area contributed by atoms with Gasteiger partial charge in [-0.25, -0.2) is 18.9 Å². The molecule has 0 aliphatic rings. The monoisotopic (exact) mass is 480 g/mol. The first-order valence-corrected chi connectivity index (χ1v) is 11.2. The number of aryl methyl sites for hydroxylation is 1. The number of fused-ring (bicyclic) bond motifs is 4. The largest absolute Gasteiger partial charge is 0.341 e. The molecule has 3 heterocycles. The molecule has 7 nitrogen and oxygen atoms in total. The molecule has 3 aromatic heterocycles. The van der Waals surface area contributed by atoms with Gasteiger partial charge in [-0.15, -0.1) is 0 Å². The summed E-state index contributed by atoms with van der Waals surface area (Å²) < 4.78 is 3.84. The van der Waals surface area contributed by atoms with Crippen LogP contribution in [0.25, 0.3) is 44.2 Å². The van der Waals surface area contributed by atoms with Gasteiger partial charge in [0.2, 0.25) is 0 Å². The van der Waals surface area contributed by atoms with E-state index < -0.39 is 11.2 Å². The predicted molar refractivity (Wildman–Crippen MR) is 138 cm³/mol. The molecule has 0 bridgehead atoms. The first-order chi connectivity index (χ1) is 17.0. The normalized spacial score (nSPS) is 11.5. The standard InChI is InChI=1S/C27H17ClN4O3/c1-30-24-22(23-20(25(30)33)15-16-14-17(28)12-13-21(16)29-23)26(34)32(19-10-6-3-7-11-19)27(35)31(24)18-8-4-2-5-9-18/h2-15H,1H3. The Bertz CT molecular complexity index is 1980. The molecule has 0 N–H and O–H groups in total. The Morgan fingerprint density at radius 2 is 1.37 bits per heavy atom. The second-order valence-electron chi connectivity index (χ2n) is 8.21. The maximum absolute atomic E-state index is 14.0. The number of halogens is 1. The number of nitrogens with zero attached hydrogens (tertiary/aromatic N) is 4. The zero-order valence-corrected chi connectivity index (χ0v) is 19.2. The van der Waals surface area contributed by atoms with Gasteiger partial charge < -0.3 is 0 Å². The summed E-state index contributed by atoms with van der Waals surface area (Å²) in [5.74, 6) is 0. The predicted octanol–water partition coefficient (Wildman–Crippen LogP) is 4.20. The van der Waals surface area contributed by atoms with Gasteiger partial charge in [0, 0.05) is 17.5 Å². The second kappa shape index (κ2) is 7.78. The first kappa shape index (κ1) is 21.1. The Labute approximate surface area is 202 Å². The number of hydrogen-bond donors (Lipinski definition) is 0. The summed E-state index contributed by atoms with van der Waals surface area (Å²) >= 11 is 6.15. The van der Waals surface area contributed by atoms with E-state index in [0.29, 0.717) is 27.3 Å². The first-order valence-electron chi connectivity index (χ1n) is 10.9. The summed E-state index contributed by atoms with van der Waals surface area (Å²) in [5, 5.41) is 1.64. The van der Waals surface area contributed by atoms with Gasteiger partial charge in [-0.3, -0.25) is 14.2 Å². The van der Waals surface area contributed by atoms with Gasteiger partial charge >= 0.3 is 5.69 Å². The van der Waals surface area contributed by atoms with Crippen molar-refractivity contribution < 1.29 is 0 Å². The lowest BCUT2D eigenvalue weighted by Crippen LogP contribution is -2.40. The summed E-state index contributed by atoms with van der Waals surface area (Å²) in [6, 6.07) is 24.5. The van der Waals surface area contributed by atoms with E-state index in [2.05, 4.69) is 0 Å². The zero-order valence-electron chi connectivity index (χ0n) is 18.5. The summed E-state index contributed by atoms with van der Waals surface area (Å²) in [7, 11) is 1.55. The molecule has 0 radical (unpaired) electrons. The van der Waals surface area contributed by atoms with Crippen molar-refractivity contribution in [2.24, 2.45) is 7.05 Å². The van der Waals surface area contributed by atoms with Crippen molar-refractivity contribution >= 4 is 44.4 Å². The number of aromatic nitrogens is 4. The van der Waals surface area contributed by atoms with Gasteiger partial charge in [-0.2, -0.15) is 0 Å². The highest BCUT2D eigenvalue weighted by Gasteiger charge is 2.22. The number of pyridine rings is 2. The van der Waals surface area contributed by atoms with E-state index in [1.54, 1.807) is 79.8 Å². The van der Waals surface area contributed by atoms with Crippen molar-refractivity contribution in [3.63, 3.8) is 0 Å². The molecule has 6 aromatic rings. The molecule has 0 aliphatic heterocycles. The molecular formula is C27H17ClN4O3. The molecule has 0 amide bonds. The van der Waals surface area contributed by atoms with Crippen molar-refractivity contribution in [3.05, 3.63) is 121 Å². The van der Waals surface area contributed by atoms with Gasteiger partial charge in [-0.1, -0.05) is 48.0 Å². The van der Waals surface area contributed by atoms with E-state index in [9.17, 15) is 14.4 Å². The van der Waals surface area contributed by atoms with Crippen molar-refractivity contribution in [2.45, 2.75) is 0 Å². The van der Waals surface area contributed by atoms with E-state index in [1.807, 2.05) is 12.1 Å². The van der Waals surface area contributed by atoms with Gasteiger partial charge in [0.25, 0.3) is 11.1 Å². The maximum atomic E-state index is 14.0. The van der Waals surface area contributed by atoms with Crippen LogP contribution >= 0.6 is 11.6 Å². The zero-order chi connectivity index (χ0) is 24.3. The minimum Gasteiger partial charge on any atom is -0.296 e. The molecule has 0 aliphatic carbocycles. The Morgan fingerprint density at radius 1 is 0.743 bits per heavy atom. The van der Waals surface area contributed by atoms with E-state index >= 15 is 0 Å². The van der Waals surface area contributed by atoms with Crippen LogP contribution in [0.2, 0.25) is 5.02 Å². The quantitative estimate of drug-likeness (QED) is 0.275. The van der Waals surface area contributed by atoms with Crippen LogP contribution in [-0.2, 0) is 7.05 Å². The summed E-state index contributed by atoms with van der Waals surface area (Å²) in [5.41, 5.74) is 0.431. The van der Waals surface area contributed by atoms with Crippen molar-refractivity contribution in [2.75, 3.05) is 0 Å². The van der Waals surface area contributed by atoms with E-state index in [4.69, 9.17) is 16.6 Å². The molecule has 0 fully saturated rings. The highest BCUT2D eigenvalue weighted by Crippen LogP contribution is 2.25. The Balaban J connectivity index is 1.94. The molecule has 35 heavy (non-hydrogen) atoms. The smallest absolute Gasteiger partial charge is 0.296 e. The number of hydrogen-bond acceptors (Lipinski definition) is 4.